The summed E-state index contributed by atoms with van der Waals surface area (Å²) in [7, 11) is 0. The lowest BCUT2D eigenvalue weighted by Gasteiger charge is -2.10. The van der Waals surface area contributed by atoms with Crippen molar-refractivity contribution in [2.75, 3.05) is 0 Å². The Morgan fingerprint density at radius 2 is 0.978 bits per heavy atom. The molecule has 0 aliphatic rings. The van der Waals surface area contributed by atoms with Crippen LogP contribution < -0.4 is 0 Å². The van der Waals surface area contributed by atoms with Gasteiger partial charge < -0.3 is 4.40 Å². The van der Waals surface area contributed by atoms with Crippen LogP contribution in [0.3, 0.4) is 0 Å². The van der Waals surface area contributed by atoms with Gasteiger partial charge >= 0.3 is 0 Å². The molecule has 0 unspecified atom stereocenters. The van der Waals surface area contributed by atoms with Crippen LogP contribution in [0.2, 0.25) is 0 Å². The number of nitrogens with zero attached hydrogens (tertiary/aromatic N) is 4. The van der Waals surface area contributed by atoms with Gasteiger partial charge in [-0.05, 0) is 34.4 Å². The first kappa shape index (κ1) is 25.4. The van der Waals surface area contributed by atoms with E-state index in [2.05, 4.69) is 89.3 Å². The minimum atomic E-state index is 0.655. The Morgan fingerprint density at radius 1 is 0.413 bits per heavy atom. The average Bonchev–Trinajstić information content (AvgIpc) is 3.65. The Hall–Kier alpha value is -5.91. The van der Waals surface area contributed by atoms with Crippen molar-refractivity contribution in [1.29, 1.82) is 0 Å². The van der Waals surface area contributed by atoms with E-state index in [-0.39, 0.29) is 0 Å². The molecule has 214 valence electrons. The highest BCUT2D eigenvalue weighted by Crippen LogP contribution is 2.45. The molecule has 0 fully saturated rings. The number of benzene rings is 6. The lowest BCUT2D eigenvalue weighted by Crippen LogP contribution is -2.00. The Morgan fingerprint density at radius 3 is 1.67 bits per heavy atom. The molecule has 10 rings (SSSR count). The molecule has 10 aromatic rings. The second-order valence-electron chi connectivity index (χ2n) is 11.6. The van der Waals surface area contributed by atoms with E-state index in [9.17, 15) is 0 Å². The number of rotatable bonds is 3. The van der Waals surface area contributed by atoms with E-state index >= 15 is 0 Å². The maximum atomic E-state index is 5.04. The van der Waals surface area contributed by atoms with Crippen molar-refractivity contribution in [2.24, 2.45) is 0 Å². The van der Waals surface area contributed by atoms with Gasteiger partial charge in [0.2, 0.25) is 0 Å². The predicted molar refractivity (Wildman–Crippen MR) is 192 cm³/mol. The Labute approximate surface area is 267 Å². The molecule has 0 atom stereocenters. The van der Waals surface area contributed by atoms with Crippen molar-refractivity contribution < 1.29 is 0 Å². The fraction of sp³-hybridized carbons (Fsp3) is 0. The summed E-state index contributed by atoms with van der Waals surface area (Å²) in [5, 5.41) is 7.53. The third-order valence-electron chi connectivity index (χ3n) is 9.01. The first-order chi connectivity index (χ1) is 22.8. The minimum Gasteiger partial charge on any atom is -0.307 e. The molecule has 0 N–H and O–H groups in total. The maximum Gasteiger partial charge on any atom is 0.164 e. The molecule has 0 aliphatic heterocycles. The van der Waals surface area contributed by atoms with Gasteiger partial charge in [-0.25, -0.2) is 15.0 Å². The summed E-state index contributed by atoms with van der Waals surface area (Å²) in [6.45, 7) is 0. The summed E-state index contributed by atoms with van der Waals surface area (Å²) in [5.74, 6) is 1.97. The number of hydrogen-bond acceptors (Lipinski definition) is 4. The second-order valence-corrected chi connectivity index (χ2v) is 12.7. The molecule has 0 saturated carbocycles. The summed E-state index contributed by atoms with van der Waals surface area (Å²) >= 11 is 1.87. The van der Waals surface area contributed by atoms with Crippen LogP contribution in [-0.4, -0.2) is 19.4 Å². The largest absolute Gasteiger partial charge is 0.307 e. The molecule has 0 radical (unpaired) electrons. The lowest BCUT2D eigenvalue weighted by molar-refractivity contribution is 1.07. The van der Waals surface area contributed by atoms with Gasteiger partial charge in [-0.3, -0.25) is 0 Å². The van der Waals surface area contributed by atoms with Crippen LogP contribution in [0, 0.1) is 0 Å². The smallest absolute Gasteiger partial charge is 0.164 e. The van der Waals surface area contributed by atoms with E-state index in [0.29, 0.717) is 17.5 Å². The highest BCUT2D eigenvalue weighted by molar-refractivity contribution is 7.27. The summed E-state index contributed by atoms with van der Waals surface area (Å²) in [6.07, 6.45) is 0. The quantitative estimate of drug-likeness (QED) is 0.201. The Balaban J connectivity index is 1.34. The monoisotopic (exact) mass is 604 g/mol. The molecule has 4 nitrogen and oxygen atoms in total. The van der Waals surface area contributed by atoms with Crippen LogP contribution >= 0.6 is 11.3 Å². The molecule has 5 heteroatoms. The van der Waals surface area contributed by atoms with Crippen molar-refractivity contribution in [3.63, 3.8) is 0 Å². The average molecular weight is 605 g/mol. The van der Waals surface area contributed by atoms with Crippen molar-refractivity contribution in [3.8, 4) is 34.2 Å². The second kappa shape index (κ2) is 9.80. The molecule has 4 aromatic heterocycles. The topological polar surface area (TPSA) is 43.1 Å². The van der Waals surface area contributed by atoms with Gasteiger partial charge in [0, 0.05) is 37.5 Å². The molecule has 4 heterocycles. The van der Waals surface area contributed by atoms with Gasteiger partial charge in [-0.15, -0.1) is 11.3 Å². The first-order valence-corrected chi connectivity index (χ1v) is 16.2. The van der Waals surface area contributed by atoms with E-state index in [0.717, 1.165) is 22.2 Å². The van der Waals surface area contributed by atoms with Crippen LogP contribution in [0.5, 0.6) is 0 Å². The van der Waals surface area contributed by atoms with Crippen molar-refractivity contribution in [1.82, 2.24) is 19.4 Å². The van der Waals surface area contributed by atoms with Crippen LogP contribution in [0.1, 0.15) is 0 Å². The zero-order chi connectivity index (χ0) is 30.2. The molecule has 0 saturated heterocycles. The van der Waals surface area contributed by atoms with Gasteiger partial charge in [0.15, 0.2) is 17.5 Å². The number of thiophene rings is 1. The van der Waals surface area contributed by atoms with Gasteiger partial charge in [0.25, 0.3) is 0 Å². The standard InChI is InChI=1S/C41H24N4S/c1-3-12-25(13-4-1)39-42-40(26-14-5-2-6-15-26)44-41(43-39)27-22-23-32-34(24-27)45-33-20-10-9-18-30(33)28-16-7-8-17-29(28)31-19-11-21-35-36(31)37(45)38(32)46-35/h1-24H. The maximum absolute atomic E-state index is 5.04. The third kappa shape index (κ3) is 3.69. The van der Waals surface area contributed by atoms with Crippen LogP contribution in [-0.2, 0) is 0 Å². The van der Waals surface area contributed by atoms with E-state index in [1.807, 2.05) is 72.0 Å². The number of fused-ring (bicyclic) bond motifs is 8. The SMILES string of the molecule is c1ccc(-c2nc(-c3ccccc3)nc(-c3ccc4c5sc6cccc7c8ccccc8c8ccccc8n(c4c3)c5c67)n2)cc1. The zero-order valence-corrected chi connectivity index (χ0v) is 25.4. The predicted octanol–water partition coefficient (Wildman–Crippen LogP) is 11.0. The van der Waals surface area contributed by atoms with Gasteiger partial charge in [-0.2, -0.15) is 0 Å². The number of para-hydroxylation sites is 1. The number of hydrogen-bond donors (Lipinski definition) is 0. The van der Waals surface area contributed by atoms with Gasteiger partial charge in [-0.1, -0.05) is 127 Å². The number of aromatic nitrogens is 4. The highest BCUT2D eigenvalue weighted by atomic mass is 32.1. The lowest BCUT2D eigenvalue weighted by atomic mass is 10.0. The molecule has 6 aromatic carbocycles. The summed E-state index contributed by atoms with van der Waals surface area (Å²) < 4.78 is 5.07. The van der Waals surface area contributed by atoms with Gasteiger partial charge in [0.05, 0.1) is 21.3 Å². The molecule has 0 amide bonds. The fourth-order valence-corrected chi connectivity index (χ4v) is 8.21. The van der Waals surface area contributed by atoms with Crippen LogP contribution in [0.25, 0.3) is 92.4 Å². The molecule has 46 heavy (non-hydrogen) atoms. The van der Waals surface area contributed by atoms with E-state index in [1.165, 1.54) is 52.8 Å². The van der Waals surface area contributed by atoms with Crippen molar-refractivity contribution in [2.45, 2.75) is 0 Å². The highest BCUT2D eigenvalue weighted by Gasteiger charge is 2.20. The van der Waals surface area contributed by atoms with Crippen molar-refractivity contribution in [3.05, 3.63) is 146 Å². The molecular weight excluding hydrogens is 581 g/mol. The molecule has 0 aliphatic carbocycles. The van der Waals surface area contributed by atoms with E-state index in [1.54, 1.807) is 0 Å². The molecule has 0 spiro atoms. The molecule has 0 bridgehead atoms. The Kier molecular flexibility index (Phi) is 5.41. The first-order valence-electron chi connectivity index (χ1n) is 15.4. The molecular formula is C41H24N4S. The third-order valence-corrected chi connectivity index (χ3v) is 10.2. The fourth-order valence-electron chi connectivity index (χ4n) is 6.96. The Bertz CT molecular complexity index is 2740. The minimum absolute atomic E-state index is 0.655. The van der Waals surface area contributed by atoms with E-state index in [4.69, 9.17) is 15.0 Å². The van der Waals surface area contributed by atoms with Gasteiger partial charge in [0.1, 0.15) is 0 Å². The van der Waals surface area contributed by atoms with Crippen LogP contribution in [0.4, 0.5) is 0 Å². The van der Waals surface area contributed by atoms with Crippen molar-refractivity contribution >= 4 is 69.6 Å². The normalized spacial score (nSPS) is 11.9. The van der Waals surface area contributed by atoms with Crippen LogP contribution in [0.15, 0.2) is 146 Å². The summed E-state index contributed by atoms with van der Waals surface area (Å²) in [4.78, 5) is 15.0. The zero-order valence-electron chi connectivity index (χ0n) is 24.6. The van der Waals surface area contributed by atoms with E-state index < -0.39 is 0 Å². The summed E-state index contributed by atoms with van der Waals surface area (Å²) in [5.41, 5.74) is 6.45. The summed E-state index contributed by atoms with van der Waals surface area (Å²) in [6, 6.07) is 51.3.